The number of aromatic nitrogens is 4. The van der Waals surface area contributed by atoms with E-state index < -0.39 is 0 Å². The Morgan fingerprint density at radius 2 is 1.75 bits per heavy atom. The maximum atomic E-state index is 6.23. The van der Waals surface area contributed by atoms with Gasteiger partial charge in [0.15, 0.2) is 0 Å². The molecule has 0 radical (unpaired) electrons. The van der Waals surface area contributed by atoms with Crippen molar-refractivity contribution in [2.75, 3.05) is 5.32 Å². The van der Waals surface area contributed by atoms with Crippen LogP contribution in [0.1, 0.15) is 11.3 Å². The van der Waals surface area contributed by atoms with Crippen LogP contribution in [0.2, 0.25) is 10.0 Å². The van der Waals surface area contributed by atoms with Crippen molar-refractivity contribution in [3.05, 3.63) is 82.2 Å². The minimum atomic E-state index is 0.448. The van der Waals surface area contributed by atoms with Gasteiger partial charge in [-0.2, -0.15) is 5.10 Å². The lowest BCUT2D eigenvalue weighted by molar-refractivity contribution is 0.862. The maximum Gasteiger partial charge on any atom is 0.227 e. The van der Waals surface area contributed by atoms with Gasteiger partial charge in [0.1, 0.15) is 0 Å². The van der Waals surface area contributed by atoms with Crippen molar-refractivity contribution in [3.63, 3.8) is 0 Å². The number of hydrogen-bond donors (Lipinski definition) is 1. The smallest absolute Gasteiger partial charge is 0.227 e. The van der Waals surface area contributed by atoms with Gasteiger partial charge in [0.2, 0.25) is 5.95 Å². The van der Waals surface area contributed by atoms with Crippen LogP contribution in [0.4, 0.5) is 11.6 Å². The van der Waals surface area contributed by atoms with E-state index >= 15 is 0 Å². The van der Waals surface area contributed by atoms with E-state index in [1.165, 1.54) is 5.56 Å². The van der Waals surface area contributed by atoms with Gasteiger partial charge in [-0.3, -0.25) is 0 Å². The maximum absolute atomic E-state index is 6.23. The first-order chi connectivity index (χ1) is 13.5. The molecule has 0 aliphatic carbocycles. The second-order valence-corrected chi connectivity index (χ2v) is 7.27. The van der Waals surface area contributed by atoms with E-state index in [2.05, 4.69) is 39.4 Å². The molecule has 0 bridgehead atoms. The first-order valence-corrected chi connectivity index (χ1v) is 9.44. The van der Waals surface area contributed by atoms with E-state index in [1.807, 2.05) is 36.0 Å². The van der Waals surface area contributed by atoms with Gasteiger partial charge in [-0.15, -0.1) is 0 Å². The van der Waals surface area contributed by atoms with Crippen LogP contribution in [-0.4, -0.2) is 19.7 Å². The number of rotatable bonds is 4. The molecule has 2 aromatic heterocycles. The standard InChI is InChI=1S/C21H17Cl2N5/c1-13-3-6-16(7-4-13)28-12-17(14(2)27-28)19-9-10-24-21(25-19)26-20-8-5-15(22)11-18(20)23/h3-12H,1-2H3,(H,24,25,26). The minimum Gasteiger partial charge on any atom is -0.323 e. The number of aryl methyl sites for hydroxylation is 2. The fourth-order valence-corrected chi connectivity index (χ4v) is 3.28. The van der Waals surface area contributed by atoms with Gasteiger partial charge in [-0.25, -0.2) is 14.6 Å². The summed E-state index contributed by atoms with van der Waals surface area (Å²) in [6.45, 7) is 4.03. The lowest BCUT2D eigenvalue weighted by atomic mass is 10.2. The zero-order chi connectivity index (χ0) is 19.7. The molecular formula is C21H17Cl2N5. The molecule has 4 aromatic rings. The molecule has 0 saturated carbocycles. The highest BCUT2D eigenvalue weighted by molar-refractivity contribution is 6.36. The second-order valence-electron chi connectivity index (χ2n) is 6.42. The van der Waals surface area contributed by atoms with E-state index in [-0.39, 0.29) is 0 Å². The summed E-state index contributed by atoms with van der Waals surface area (Å²) in [7, 11) is 0. The lowest BCUT2D eigenvalue weighted by Gasteiger charge is -2.08. The minimum absolute atomic E-state index is 0.448. The van der Waals surface area contributed by atoms with Crippen molar-refractivity contribution < 1.29 is 0 Å². The van der Waals surface area contributed by atoms with Gasteiger partial charge in [-0.1, -0.05) is 40.9 Å². The van der Waals surface area contributed by atoms with Crippen LogP contribution in [0, 0.1) is 13.8 Å². The summed E-state index contributed by atoms with van der Waals surface area (Å²) < 4.78 is 1.86. The van der Waals surface area contributed by atoms with Crippen LogP contribution >= 0.6 is 23.2 Å². The van der Waals surface area contributed by atoms with E-state index in [9.17, 15) is 0 Å². The van der Waals surface area contributed by atoms with Crippen molar-refractivity contribution >= 4 is 34.8 Å². The Hall–Kier alpha value is -2.89. The summed E-state index contributed by atoms with van der Waals surface area (Å²) in [6, 6.07) is 15.3. The average Bonchev–Trinajstić information content (AvgIpc) is 3.07. The quantitative estimate of drug-likeness (QED) is 0.449. The fourth-order valence-electron chi connectivity index (χ4n) is 2.82. The summed E-state index contributed by atoms with van der Waals surface area (Å²) in [5.41, 5.74) is 5.50. The summed E-state index contributed by atoms with van der Waals surface area (Å²) in [6.07, 6.45) is 3.68. The number of nitrogens with zero attached hydrogens (tertiary/aromatic N) is 4. The van der Waals surface area contributed by atoms with Gasteiger partial charge < -0.3 is 5.32 Å². The molecule has 0 spiro atoms. The first kappa shape index (κ1) is 18.5. The molecule has 5 nitrogen and oxygen atoms in total. The Labute approximate surface area is 173 Å². The predicted molar refractivity (Wildman–Crippen MR) is 114 cm³/mol. The molecule has 0 aliphatic heterocycles. The Kier molecular flexibility index (Phi) is 5.03. The zero-order valence-corrected chi connectivity index (χ0v) is 16.8. The number of benzene rings is 2. The largest absolute Gasteiger partial charge is 0.323 e. The van der Waals surface area contributed by atoms with Crippen molar-refractivity contribution in [1.82, 2.24) is 19.7 Å². The van der Waals surface area contributed by atoms with Gasteiger partial charge >= 0.3 is 0 Å². The molecule has 0 unspecified atom stereocenters. The molecule has 0 fully saturated rings. The van der Waals surface area contributed by atoms with E-state index in [1.54, 1.807) is 24.4 Å². The molecule has 0 aliphatic rings. The Morgan fingerprint density at radius 1 is 0.964 bits per heavy atom. The highest BCUT2D eigenvalue weighted by Gasteiger charge is 2.12. The third kappa shape index (κ3) is 3.86. The van der Waals surface area contributed by atoms with Crippen LogP contribution in [-0.2, 0) is 0 Å². The Balaban J connectivity index is 1.65. The number of halogens is 2. The van der Waals surface area contributed by atoms with Crippen LogP contribution in [0.25, 0.3) is 16.9 Å². The summed E-state index contributed by atoms with van der Waals surface area (Å²) in [5.74, 6) is 0.448. The lowest BCUT2D eigenvalue weighted by Crippen LogP contribution is -1.98. The number of anilines is 2. The van der Waals surface area contributed by atoms with Crippen LogP contribution < -0.4 is 5.32 Å². The van der Waals surface area contributed by atoms with Gasteiger partial charge in [0, 0.05) is 23.0 Å². The van der Waals surface area contributed by atoms with E-state index in [4.69, 9.17) is 23.2 Å². The molecule has 0 amide bonds. The third-order valence-electron chi connectivity index (χ3n) is 4.31. The molecule has 1 N–H and O–H groups in total. The summed E-state index contributed by atoms with van der Waals surface area (Å²) >= 11 is 12.2. The van der Waals surface area contributed by atoms with Crippen molar-refractivity contribution in [2.24, 2.45) is 0 Å². The molecule has 2 aromatic carbocycles. The Bertz CT molecular complexity index is 1140. The highest BCUT2D eigenvalue weighted by atomic mass is 35.5. The first-order valence-electron chi connectivity index (χ1n) is 8.68. The normalized spacial score (nSPS) is 10.9. The highest BCUT2D eigenvalue weighted by Crippen LogP contribution is 2.28. The molecule has 28 heavy (non-hydrogen) atoms. The molecule has 2 heterocycles. The summed E-state index contributed by atoms with van der Waals surface area (Å²) in [5, 5.41) is 8.84. The molecule has 4 rings (SSSR count). The fraction of sp³-hybridized carbons (Fsp3) is 0.0952. The molecule has 0 atom stereocenters. The molecule has 0 saturated heterocycles. The van der Waals surface area contributed by atoms with E-state index in [0.717, 1.165) is 22.6 Å². The van der Waals surface area contributed by atoms with Crippen molar-refractivity contribution in [2.45, 2.75) is 13.8 Å². The predicted octanol–water partition coefficient (Wildman–Crippen LogP) is 6.00. The van der Waals surface area contributed by atoms with E-state index in [0.29, 0.717) is 21.7 Å². The van der Waals surface area contributed by atoms with Crippen LogP contribution in [0.15, 0.2) is 60.9 Å². The second kappa shape index (κ2) is 7.62. The van der Waals surface area contributed by atoms with Crippen LogP contribution in [0.5, 0.6) is 0 Å². The summed E-state index contributed by atoms with van der Waals surface area (Å²) in [4.78, 5) is 8.90. The van der Waals surface area contributed by atoms with Gasteiger partial charge in [-0.05, 0) is 50.2 Å². The van der Waals surface area contributed by atoms with Crippen molar-refractivity contribution in [1.29, 1.82) is 0 Å². The monoisotopic (exact) mass is 409 g/mol. The SMILES string of the molecule is Cc1ccc(-n2cc(-c3ccnc(Nc4ccc(Cl)cc4Cl)n3)c(C)n2)cc1. The molecular weight excluding hydrogens is 393 g/mol. The van der Waals surface area contributed by atoms with Gasteiger partial charge in [0.05, 0.1) is 27.8 Å². The Morgan fingerprint density at radius 3 is 2.50 bits per heavy atom. The zero-order valence-electron chi connectivity index (χ0n) is 15.3. The van der Waals surface area contributed by atoms with Gasteiger partial charge in [0.25, 0.3) is 0 Å². The molecule has 140 valence electrons. The molecule has 7 heteroatoms. The van der Waals surface area contributed by atoms with Crippen LogP contribution in [0.3, 0.4) is 0 Å². The third-order valence-corrected chi connectivity index (χ3v) is 4.85. The van der Waals surface area contributed by atoms with Crippen molar-refractivity contribution in [3.8, 4) is 16.9 Å². The number of hydrogen-bond acceptors (Lipinski definition) is 4. The topological polar surface area (TPSA) is 55.6 Å². The number of nitrogens with one attached hydrogen (secondary N) is 1. The average molecular weight is 410 g/mol.